The topological polar surface area (TPSA) is 24.5 Å². The predicted octanol–water partition coefficient (Wildman–Crippen LogP) is 2.84. The van der Waals surface area contributed by atoms with Crippen LogP contribution < -0.4 is 5.32 Å². The average molecular weight is 276 g/mol. The van der Waals surface area contributed by atoms with Gasteiger partial charge < -0.3 is 10.1 Å². The largest absolute Gasteiger partial charge is 0.377 e. The minimum atomic E-state index is 0.336. The van der Waals surface area contributed by atoms with Gasteiger partial charge in [-0.05, 0) is 32.0 Å². The number of rotatable bonds is 7. The van der Waals surface area contributed by atoms with E-state index in [0.717, 1.165) is 32.7 Å². The number of nitrogens with one attached hydrogen (secondary N) is 1. The minimum absolute atomic E-state index is 0.336. The second-order valence-corrected chi connectivity index (χ2v) is 5.53. The number of benzene rings is 1. The standard InChI is InChI=1S/C17H28N2O/c1-4-19(5-2)17(15-9-7-6-8-10-15)13-18-16-11-12-20-14(16)3/h6-10,14,16-18H,4-5,11-13H2,1-3H3. The Morgan fingerprint density at radius 3 is 2.50 bits per heavy atom. The maximum atomic E-state index is 5.64. The summed E-state index contributed by atoms with van der Waals surface area (Å²) in [7, 11) is 0. The number of nitrogens with zero attached hydrogens (tertiary/aromatic N) is 1. The summed E-state index contributed by atoms with van der Waals surface area (Å²) >= 11 is 0. The second kappa shape index (κ2) is 7.77. The molecule has 0 aliphatic carbocycles. The van der Waals surface area contributed by atoms with Crippen molar-refractivity contribution in [1.82, 2.24) is 10.2 Å². The highest BCUT2D eigenvalue weighted by Crippen LogP contribution is 2.21. The van der Waals surface area contributed by atoms with Gasteiger partial charge in [-0.1, -0.05) is 44.2 Å². The third kappa shape index (κ3) is 3.81. The van der Waals surface area contributed by atoms with Crippen LogP contribution in [0.25, 0.3) is 0 Å². The van der Waals surface area contributed by atoms with Gasteiger partial charge in [-0.15, -0.1) is 0 Å². The van der Waals surface area contributed by atoms with Crippen LogP contribution in [0.15, 0.2) is 30.3 Å². The Bertz CT molecular complexity index is 378. The van der Waals surface area contributed by atoms with Crippen LogP contribution in [0.5, 0.6) is 0 Å². The Morgan fingerprint density at radius 1 is 1.25 bits per heavy atom. The lowest BCUT2D eigenvalue weighted by Gasteiger charge is -2.31. The first kappa shape index (κ1) is 15.5. The smallest absolute Gasteiger partial charge is 0.0700 e. The van der Waals surface area contributed by atoms with Gasteiger partial charge >= 0.3 is 0 Å². The molecule has 1 aliphatic heterocycles. The number of likely N-dealkylation sites (N-methyl/N-ethyl adjacent to an activating group) is 1. The fraction of sp³-hybridized carbons (Fsp3) is 0.647. The first-order valence-corrected chi connectivity index (χ1v) is 7.90. The zero-order valence-corrected chi connectivity index (χ0v) is 13.0. The van der Waals surface area contributed by atoms with E-state index in [9.17, 15) is 0 Å². The van der Waals surface area contributed by atoms with E-state index in [-0.39, 0.29) is 0 Å². The van der Waals surface area contributed by atoms with Crippen molar-refractivity contribution in [3.63, 3.8) is 0 Å². The van der Waals surface area contributed by atoms with Crippen LogP contribution in [-0.4, -0.2) is 43.3 Å². The predicted molar refractivity (Wildman–Crippen MR) is 83.9 cm³/mol. The molecule has 0 saturated carbocycles. The molecule has 3 heteroatoms. The van der Waals surface area contributed by atoms with Crippen LogP contribution in [0.1, 0.15) is 38.8 Å². The van der Waals surface area contributed by atoms with Crippen molar-refractivity contribution in [2.45, 2.75) is 45.4 Å². The lowest BCUT2D eigenvalue weighted by Crippen LogP contribution is -2.42. The molecule has 0 spiro atoms. The van der Waals surface area contributed by atoms with Crippen molar-refractivity contribution in [2.75, 3.05) is 26.2 Å². The molecular formula is C17H28N2O. The molecule has 3 unspecified atom stereocenters. The summed E-state index contributed by atoms with van der Waals surface area (Å²) < 4.78 is 5.64. The molecule has 112 valence electrons. The molecule has 0 amide bonds. The first-order chi connectivity index (χ1) is 9.76. The second-order valence-electron chi connectivity index (χ2n) is 5.53. The van der Waals surface area contributed by atoms with Crippen LogP contribution in [0.2, 0.25) is 0 Å². The van der Waals surface area contributed by atoms with Crippen molar-refractivity contribution in [3.05, 3.63) is 35.9 Å². The van der Waals surface area contributed by atoms with Crippen molar-refractivity contribution >= 4 is 0 Å². The van der Waals surface area contributed by atoms with E-state index < -0.39 is 0 Å². The zero-order valence-electron chi connectivity index (χ0n) is 13.0. The van der Waals surface area contributed by atoms with E-state index in [1.54, 1.807) is 0 Å². The average Bonchev–Trinajstić information content (AvgIpc) is 2.90. The fourth-order valence-corrected chi connectivity index (χ4v) is 3.06. The van der Waals surface area contributed by atoms with Crippen molar-refractivity contribution in [1.29, 1.82) is 0 Å². The summed E-state index contributed by atoms with van der Waals surface area (Å²) in [6, 6.07) is 11.8. The normalized spacial score (nSPS) is 24.2. The van der Waals surface area contributed by atoms with E-state index in [4.69, 9.17) is 4.74 Å². The molecule has 1 aromatic rings. The lowest BCUT2D eigenvalue weighted by molar-refractivity contribution is 0.110. The first-order valence-electron chi connectivity index (χ1n) is 7.90. The van der Waals surface area contributed by atoms with Crippen LogP contribution in [0.4, 0.5) is 0 Å². The molecule has 1 saturated heterocycles. The maximum absolute atomic E-state index is 5.64. The molecule has 0 radical (unpaired) electrons. The van der Waals surface area contributed by atoms with E-state index in [0.29, 0.717) is 18.2 Å². The van der Waals surface area contributed by atoms with E-state index in [1.807, 2.05) is 0 Å². The van der Waals surface area contributed by atoms with Gasteiger partial charge in [-0.25, -0.2) is 0 Å². The third-order valence-corrected chi connectivity index (χ3v) is 4.39. The van der Waals surface area contributed by atoms with Gasteiger partial charge in [0.2, 0.25) is 0 Å². The van der Waals surface area contributed by atoms with Gasteiger partial charge in [0.15, 0.2) is 0 Å². The highest BCUT2D eigenvalue weighted by Gasteiger charge is 2.26. The Kier molecular flexibility index (Phi) is 6.02. The molecule has 20 heavy (non-hydrogen) atoms. The highest BCUT2D eigenvalue weighted by atomic mass is 16.5. The third-order valence-electron chi connectivity index (χ3n) is 4.39. The number of hydrogen-bond acceptors (Lipinski definition) is 3. The molecule has 1 N–H and O–H groups in total. The Hall–Kier alpha value is -0.900. The molecule has 2 rings (SSSR count). The fourth-order valence-electron chi connectivity index (χ4n) is 3.06. The SMILES string of the molecule is CCN(CC)C(CNC1CCOC1C)c1ccccc1. The summed E-state index contributed by atoms with van der Waals surface area (Å²) in [5, 5.41) is 3.71. The molecular weight excluding hydrogens is 248 g/mol. The van der Waals surface area contributed by atoms with Crippen LogP contribution >= 0.6 is 0 Å². The van der Waals surface area contributed by atoms with Crippen molar-refractivity contribution in [3.8, 4) is 0 Å². The quantitative estimate of drug-likeness (QED) is 0.829. The maximum Gasteiger partial charge on any atom is 0.0700 e. The Balaban J connectivity index is 2.03. The van der Waals surface area contributed by atoms with Gasteiger partial charge in [0.05, 0.1) is 6.10 Å². The van der Waals surface area contributed by atoms with Gasteiger partial charge in [0.1, 0.15) is 0 Å². The van der Waals surface area contributed by atoms with Crippen LogP contribution in [0.3, 0.4) is 0 Å². The van der Waals surface area contributed by atoms with E-state index in [2.05, 4.69) is 61.3 Å². The summed E-state index contributed by atoms with van der Waals surface area (Å²) in [6.07, 6.45) is 1.46. The summed E-state index contributed by atoms with van der Waals surface area (Å²) in [5.41, 5.74) is 1.40. The van der Waals surface area contributed by atoms with Gasteiger partial charge in [0.25, 0.3) is 0 Å². The van der Waals surface area contributed by atoms with Crippen LogP contribution in [-0.2, 0) is 4.74 Å². The Labute approximate surface area is 123 Å². The van der Waals surface area contributed by atoms with Crippen LogP contribution in [0, 0.1) is 0 Å². The number of ether oxygens (including phenoxy) is 1. The van der Waals surface area contributed by atoms with E-state index >= 15 is 0 Å². The molecule has 1 fully saturated rings. The van der Waals surface area contributed by atoms with Gasteiger partial charge in [-0.3, -0.25) is 4.90 Å². The van der Waals surface area contributed by atoms with Gasteiger partial charge in [-0.2, -0.15) is 0 Å². The molecule has 1 aliphatic rings. The summed E-state index contributed by atoms with van der Waals surface area (Å²) in [4.78, 5) is 2.52. The van der Waals surface area contributed by atoms with Gasteiger partial charge in [0, 0.05) is 25.2 Å². The minimum Gasteiger partial charge on any atom is -0.377 e. The molecule has 1 aromatic carbocycles. The zero-order chi connectivity index (χ0) is 14.4. The molecule has 3 atom stereocenters. The monoisotopic (exact) mass is 276 g/mol. The van der Waals surface area contributed by atoms with Crippen molar-refractivity contribution < 1.29 is 4.74 Å². The molecule has 1 heterocycles. The number of hydrogen-bond donors (Lipinski definition) is 1. The summed E-state index contributed by atoms with van der Waals surface area (Å²) in [6.45, 7) is 10.7. The lowest BCUT2D eigenvalue weighted by atomic mass is 10.0. The van der Waals surface area contributed by atoms with E-state index in [1.165, 1.54) is 5.56 Å². The molecule has 0 bridgehead atoms. The molecule has 3 nitrogen and oxygen atoms in total. The molecule has 0 aromatic heterocycles. The highest BCUT2D eigenvalue weighted by molar-refractivity contribution is 5.19. The van der Waals surface area contributed by atoms with Crippen molar-refractivity contribution in [2.24, 2.45) is 0 Å². The Morgan fingerprint density at radius 2 is 1.95 bits per heavy atom. The summed E-state index contributed by atoms with van der Waals surface area (Å²) in [5.74, 6) is 0.